The van der Waals surface area contributed by atoms with Gasteiger partial charge < -0.3 is 19.1 Å². The Balaban J connectivity index is 1.46. The van der Waals surface area contributed by atoms with E-state index in [-0.39, 0.29) is 30.0 Å². The molecule has 0 saturated carbocycles. The molecule has 0 aliphatic carbocycles. The van der Waals surface area contributed by atoms with Crippen molar-refractivity contribution < 1.29 is 27.4 Å². The van der Waals surface area contributed by atoms with Crippen molar-refractivity contribution in [2.75, 3.05) is 49.8 Å². The maximum absolute atomic E-state index is 13.1. The van der Waals surface area contributed by atoms with Crippen LogP contribution in [0.25, 0.3) is 0 Å². The molecule has 0 radical (unpaired) electrons. The quantitative estimate of drug-likeness (QED) is 0.596. The summed E-state index contributed by atoms with van der Waals surface area (Å²) in [7, 11) is -1.64. The summed E-state index contributed by atoms with van der Waals surface area (Å²) in [6.45, 7) is 3.43. The summed E-state index contributed by atoms with van der Waals surface area (Å²) in [4.78, 5) is 16.7. The van der Waals surface area contributed by atoms with Crippen LogP contribution in [0.3, 0.4) is 0 Å². The Hall–Kier alpha value is -2.78. The van der Waals surface area contributed by atoms with Crippen LogP contribution in [0.15, 0.2) is 48.5 Å². The van der Waals surface area contributed by atoms with Gasteiger partial charge in [0.2, 0.25) is 5.91 Å². The summed E-state index contributed by atoms with van der Waals surface area (Å²) in [5.41, 5.74) is 0.694. The second-order valence-electron chi connectivity index (χ2n) is 7.90. The van der Waals surface area contributed by atoms with Gasteiger partial charge in [0.15, 0.2) is 9.84 Å². The van der Waals surface area contributed by atoms with E-state index in [0.717, 1.165) is 5.75 Å². The molecule has 2 saturated heterocycles. The number of anilines is 1. The number of ether oxygens (including phenoxy) is 3. The van der Waals surface area contributed by atoms with Crippen LogP contribution in [-0.4, -0.2) is 76.2 Å². The van der Waals surface area contributed by atoms with Gasteiger partial charge in [0.25, 0.3) is 0 Å². The number of fused-ring (bicyclic) bond motifs is 1. The van der Waals surface area contributed by atoms with Crippen LogP contribution in [0.5, 0.6) is 17.2 Å². The lowest BCUT2D eigenvalue weighted by Gasteiger charge is -2.43. The van der Waals surface area contributed by atoms with Crippen LogP contribution in [0.2, 0.25) is 0 Å². The van der Waals surface area contributed by atoms with Crippen molar-refractivity contribution in [2.24, 2.45) is 0 Å². The maximum atomic E-state index is 13.1. The zero-order valence-electron chi connectivity index (χ0n) is 18.3. The number of methoxy groups -OCH3 is 1. The van der Waals surface area contributed by atoms with Crippen LogP contribution in [0.4, 0.5) is 5.69 Å². The predicted octanol–water partition coefficient (Wildman–Crippen LogP) is 1.99. The second-order valence-corrected chi connectivity index (χ2v) is 10.1. The first kappa shape index (κ1) is 22.4. The third-order valence-corrected chi connectivity index (χ3v) is 7.53. The van der Waals surface area contributed by atoms with Gasteiger partial charge in [-0.25, -0.2) is 8.42 Å². The number of nitrogens with zero attached hydrogens (tertiary/aromatic N) is 2. The topological polar surface area (TPSA) is 85.4 Å². The number of benzene rings is 2. The lowest BCUT2D eigenvalue weighted by atomic mass is 10.0. The molecule has 1 amide bonds. The van der Waals surface area contributed by atoms with Crippen molar-refractivity contribution in [1.82, 2.24) is 4.90 Å². The van der Waals surface area contributed by atoms with Crippen LogP contribution >= 0.6 is 0 Å². The number of carbonyl (C=O) groups excluding carboxylic acids is 1. The van der Waals surface area contributed by atoms with Crippen LogP contribution < -0.4 is 19.1 Å². The maximum Gasteiger partial charge on any atom is 0.241 e. The van der Waals surface area contributed by atoms with E-state index in [1.807, 2.05) is 48.2 Å². The average Bonchev–Trinajstić information content (AvgIpc) is 3.10. The van der Waals surface area contributed by atoms with Crippen molar-refractivity contribution in [3.63, 3.8) is 0 Å². The predicted molar refractivity (Wildman–Crippen MR) is 121 cm³/mol. The number of carbonyl (C=O) groups is 1. The highest BCUT2D eigenvalue weighted by Gasteiger charge is 2.49. The molecule has 2 aromatic rings. The minimum absolute atomic E-state index is 0.0353. The van der Waals surface area contributed by atoms with E-state index in [9.17, 15) is 13.2 Å². The highest BCUT2D eigenvalue weighted by Crippen LogP contribution is 2.32. The van der Waals surface area contributed by atoms with Gasteiger partial charge >= 0.3 is 0 Å². The summed E-state index contributed by atoms with van der Waals surface area (Å²) in [6, 6.07) is 13.8. The standard InChI is InChI=1S/C23H28N2O6S/c1-3-30-19-6-4-17(5-7-19)25-22-16-32(27,28)15-21(22)24(14-23(25)26)12-13-31-20-10-8-18(29-2)9-11-20/h4-11,21-22H,3,12-16H2,1-2H3/t21-,22+/m0/s1. The summed E-state index contributed by atoms with van der Waals surface area (Å²) < 4.78 is 41.4. The molecule has 2 atom stereocenters. The minimum Gasteiger partial charge on any atom is -0.497 e. The van der Waals surface area contributed by atoms with Gasteiger partial charge in [-0.2, -0.15) is 0 Å². The molecule has 0 aromatic heterocycles. The highest BCUT2D eigenvalue weighted by atomic mass is 32.2. The Morgan fingerprint density at radius 1 is 0.906 bits per heavy atom. The smallest absolute Gasteiger partial charge is 0.241 e. The molecule has 0 N–H and O–H groups in total. The molecule has 32 heavy (non-hydrogen) atoms. The number of piperazine rings is 1. The van der Waals surface area contributed by atoms with Crippen LogP contribution in [-0.2, 0) is 14.6 Å². The van der Waals surface area contributed by atoms with Crippen molar-refractivity contribution in [1.29, 1.82) is 0 Å². The van der Waals surface area contributed by atoms with Gasteiger partial charge in [-0.1, -0.05) is 0 Å². The molecular formula is C23H28N2O6S. The Morgan fingerprint density at radius 2 is 1.50 bits per heavy atom. The van der Waals surface area contributed by atoms with E-state index in [4.69, 9.17) is 14.2 Å². The third-order valence-electron chi connectivity index (χ3n) is 5.83. The zero-order chi connectivity index (χ0) is 22.7. The number of hydrogen-bond donors (Lipinski definition) is 0. The Morgan fingerprint density at radius 3 is 2.16 bits per heavy atom. The van der Waals surface area contributed by atoms with Gasteiger partial charge in [-0.15, -0.1) is 0 Å². The lowest BCUT2D eigenvalue weighted by Crippen LogP contribution is -2.62. The average molecular weight is 461 g/mol. The fraction of sp³-hybridized carbons (Fsp3) is 0.435. The molecule has 0 unspecified atom stereocenters. The Bertz CT molecular complexity index is 1040. The summed E-state index contributed by atoms with van der Waals surface area (Å²) in [6.07, 6.45) is 0. The SMILES string of the molecule is CCOc1ccc(N2C(=O)CN(CCOc3ccc(OC)cc3)[C@H]3CS(=O)(=O)C[C@H]32)cc1. The number of hydrogen-bond acceptors (Lipinski definition) is 7. The normalized spacial score (nSPS) is 22.4. The molecule has 2 fully saturated rings. The third kappa shape index (κ3) is 4.83. The van der Waals surface area contributed by atoms with Gasteiger partial charge in [0.05, 0.1) is 37.8 Å². The molecule has 172 valence electrons. The van der Waals surface area contributed by atoms with E-state index in [1.54, 1.807) is 24.1 Å². The first-order chi connectivity index (χ1) is 15.4. The van der Waals surface area contributed by atoms with E-state index in [2.05, 4.69) is 0 Å². The molecule has 2 aliphatic heterocycles. The molecule has 8 nitrogen and oxygen atoms in total. The fourth-order valence-electron chi connectivity index (χ4n) is 4.36. The summed E-state index contributed by atoms with van der Waals surface area (Å²) in [5, 5.41) is 0. The molecule has 9 heteroatoms. The first-order valence-electron chi connectivity index (χ1n) is 10.7. The minimum atomic E-state index is -3.24. The number of rotatable bonds is 8. The van der Waals surface area contributed by atoms with E-state index in [1.165, 1.54) is 0 Å². The first-order valence-corrected chi connectivity index (χ1v) is 12.5. The van der Waals surface area contributed by atoms with Crippen molar-refractivity contribution in [3.8, 4) is 17.2 Å². The molecule has 2 heterocycles. The van der Waals surface area contributed by atoms with Crippen LogP contribution in [0, 0.1) is 0 Å². The van der Waals surface area contributed by atoms with Crippen molar-refractivity contribution in [2.45, 2.75) is 19.0 Å². The van der Waals surface area contributed by atoms with Gasteiger partial charge in [0, 0.05) is 18.3 Å². The second kappa shape index (κ2) is 9.38. The molecule has 2 aromatic carbocycles. The van der Waals surface area contributed by atoms with E-state index < -0.39 is 15.9 Å². The zero-order valence-corrected chi connectivity index (χ0v) is 19.1. The summed E-state index contributed by atoms with van der Waals surface area (Å²) >= 11 is 0. The summed E-state index contributed by atoms with van der Waals surface area (Å²) in [5.74, 6) is 2.05. The Kier molecular flexibility index (Phi) is 6.57. The Labute approximate surface area is 188 Å². The largest absolute Gasteiger partial charge is 0.497 e. The monoisotopic (exact) mass is 460 g/mol. The number of sulfone groups is 1. The van der Waals surface area contributed by atoms with Crippen molar-refractivity contribution in [3.05, 3.63) is 48.5 Å². The number of amides is 1. The van der Waals surface area contributed by atoms with E-state index in [0.29, 0.717) is 36.9 Å². The highest BCUT2D eigenvalue weighted by molar-refractivity contribution is 7.91. The fourth-order valence-corrected chi connectivity index (χ4v) is 6.34. The van der Waals surface area contributed by atoms with Gasteiger partial charge in [-0.05, 0) is 55.5 Å². The molecule has 0 spiro atoms. The van der Waals surface area contributed by atoms with Crippen molar-refractivity contribution >= 4 is 21.4 Å². The molecule has 2 aliphatic rings. The van der Waals surface area contributed by atoms with Crippen LogP contribution in [0.1, 0.15) is 6.92 Å². The molecule has 0 bridgehead atoms. The molecular weight excluding hydrogens is 432 g/mol. The lowest BCUT2D eigenvalue weighted by molar-refractivity contribution is -0.123. The van der Waals surface area contributed by atoms with Gasteiger partial charge in [0.1, 0.15) is 23.9 Å². The molecule has 4 rings (SSSR count). The van der Waals surface area contributed by atoms with E-state index >= 15 is 0 Å². The van der Waals surface area contributed by atoms with Gasteiger partial charge in [-0.3, -0.25) is 9.69 Å².